The first kappa shape index (κ1) is 13.7. The van der Waals surface area contributed by atoms with Crippen LogP contribution in [0, 0.1) is 5.92 Å². The molecule has 1 aromatic carbocycles. The fraction of sp³-hybridized carbons (Fsp3) is 0.571. The Morgan fingerprint density at radius 2 is 1.95 bits per heavy atom. The van der Waals surface area contributed by atoms with E-state index in [0.29, 0.717) is 25.4 Å². The molecule has 1 fully saturated rings. The van der Waals surface area contributed by atoms with Crippen LogP contribution in [0.5, 0.6) is 11.5 Å². The van der Waals surface area contributed by atoms with Gasteiger partial charge in [0.05, 0.1) is 24.7 Å². The van der Waals surface area contributed by atoms with Crippen LogP contribution in [0.1, 0.15) is 24.4 Å². The number of hydrogen-bond acceptors (Lipinski definition) is 5. The van der Waals surface area contributed by atoms with Gasteiger partial charge in [0.1, 0.15) is 0 Å². The van der Waals surface area contributed by atoms with Crippen LogP contribution in [0.15, 0.2) is 18.2 Å². The molecular weight excluding hydrogens is 278 g/mol. The fourth-order valence-corrected chi connectivity index (χ4v) is 4.62. The van der Waals surface area contributed by atoms with Crippen molar-refractivity contribution < 1.29 is 17.9 Å². The van der Waals surface area contributed by atoms with Crippen LogP contribution >= 0.6 is 0 Å². The molecule has 2 aliphatic heterocycles. The van der Waals surface area contributed by atoms with Gasteiger partial charge >= 0.3 is 0 Å². The van der Waals surface area contributed by atoms with Crippen LogP contribution in [0.25, 0.3) is 0 Å². The van der Waals surface area contributed by atoms with Gasteiger partial charge in [0.25, 0.3) is 0 Å². The second-order valence-electron chi connectivity index (χ2n) is 5.45. The highest BCUT2D eigenvalue weighted by atomic mass is 32.2. The molecule has 5 nitrogen and oxygen atoms in total. The summed E-state index contributed by atoms with van der Waals surface area (Å²) in [5, 5.41) is 0. The minimum atomic E-state index is -2.91. The van der Waals surface area contributed by atoms with Crippen LogP contribution in [-0.4, -0.2) is 33.1 Å². The lowest BCUT2D eigenvalue weighted by Crippen LogP contribution is -2.22. The molecule has 0 spiro atoms. The zero-order valence-electron chi connectivity index (χ0n) is 11.2. The highest BCUT2D eigenvalue weighted by molar-refractivity contribution is 7.91. The molecule has 20 heavy (non-hydrogen) atoms. The van der Waals surface area contributed by atoms with Gasteiger partial charge in [-0.3, -0.25) is 0 Å². The van der Waals surface area contributed by atoms with E-state index in [-0.39, 0.29) is 23.5 Å². The molecular formula is C14H19NO4S. The van der Waals surface area contributed by atoms with Gasteiger partial charge in [-0.25, -0.2) is 8.42 Å². The summed E-state index contributed by atoms with van der Waals surface area (Å²) in [6, 6.07) is 5.38. The molecule has 1 aromatic rings. The number of ether oxygens (including phenoxy) is 2. The lowest BCUT2D eigenvalue weighted by atomic mass is 9.93. The van der Waals surface area contributed by atoms with Crippen LogP contribution in [0.3, 0.4) is 0 Å². The molecule has 0 aromatic heterocycles. The summed E-state index contributed by atoms with van der Waals surface area (Å²) < 4.78 is 34.3. The molecule has 2 atom stereocenters. The molecule has 0 bridgehead atoms. The molecule has 2 unspecified atom stereocenters. The van der Waals surface area contributed by atoms with Gasteiger partial charge in [-0.1, -0.05) is 6.07 Å². The molecule has 2 aliphatic rings. The highest BCUT2D eigenvalue weighted by Gasteiger charge is 2.33. The Kier molecular flexibility index (Phi) is 3.60. The van der Waals surface area contributed by atoms with Crippen LogP contribution in [0.4, 0.5) is 0 Å². The second kappa shape index (κ2) is 5.26. The summed E-state index contributed by atoms with van der Waals surface area (Å²) in [6.45, 7) is 1.28. The Labute approximate surface area is 119 Å². The zero-order chi connectivity index (χ0) is 14.2. The van der Waals surface area contributed by atoms with Crippen LogP contribution in [0.2, 0.25) is 0 Å². The summed E-state index contributed by atoms with van der Waals surface area (Å²) in [6.07, 6.45) is 1.49. The third-order valence-corrected chi connectivity index (χ3v) is 5.73. The largest absolute Gasteiger partial charge is 0.490 e. The van der Waals surface area contributed by atoms with Crippen molar-refractivity contribution in [2.75, 3.05) is 24.7 Å². The first-order valence-electron chi connectivity index (χ1n) is 6.91. The van der Waals surface area contributed by atoms with Crippen molar-refractivity contribution in [3.8, 4) is 11.5 Å². The quantitative estimate of drug-likeness (QED) is 0.889. The van der Waals surface area contributed by atoms with Gasteiger partial charge in [0, 0.05) is 12.5 Å². The molecule has 0 amide bonds. The molecule has 3 rings (SSSR count). The van der Waals surface area contributed by atoms with Crippen LogP contribution < -0.4 is 15.2 Å². The summed E-state index contributed by atoms with van der Waals surface area (Å²) in [7, 11) is -2.91. The third kappa shape index (κ3) is 2.76. The van der Waals surface area contributed by atoms with E-state index in [2.05, 4.69) is 0 Å². The Morgan fingerprint density at radius 3 is 2.65 bits per heavy atom. The number of fused-ring (bicyclic) bond motifs is 1. The molecule has 0 radical (unpaired) electrons. The lowest BCUT2D eigenvalue weighted by molar-refractivity contribution is 0.297. The highest BCUT2D eigenvalue weighted by Crippen LogP contribution is 2.35. The van der Waals surface area contributed by atoms with Crippen molar-refractivity contribution in [1.29, 1.82) is 0 Å². The number of benzene rings is 1. The molecule has 6 heteroatoms. The van der Waals surface area contributed by atoms with E-state index in [1.807, 2.05) is 18.2 Å². The van der Waals surface area contributed by atoms with Gasteiger partial charge in [-0.15, -0.1) is 0 Å². The third-order valence-electron chi connectivity index (χ3n) is 3.93. The van der Waals surface area contributed by atoms with E-state index in [1.165, 1.54) is 0 Å². The van der Waals surface area contributed by atoms with E-state index in [1.54, 1.807) is 0 Å². The fourth-order valence-electron chi connectivity index (χ4n) is 2.77. The van der Waals surface area contributed by atoms with E-state index in [9.17, 15) is 8.42 Å². The standard InChI is InChI=1S/C14H19NO4S/c15-14(11-4-7-20(16,17)9-11)10-2-3-12-13(8-10)19-6-1-5-18-12/h2-3,8,11,14H,1,4-7,9,15H2. The first-order valence-corrected chi connectivity index (χ1v) is 8.73. The van der Waals surface area contributed by atoms with Gasteiger partial charge in [-0.2, -0.15) is 0 Å². The van der Waals surface area contributed by atoms with E-state index in [4.69, 9.17) is 15.2 Å². The molecule has 0 saturated carbocycles. The van der Waals surface area contributed by atoms with Gasteiger partial charge in [0.2, 0.25) is 0 Å². The Balaban J connectivity index is 1.82. The predicted molar refractivity (Wildman–Crippen MR) is 75.7 cm³/mol. The maximum atomic E-state index is 11.6. The summed E-state index contributed by atoms with van der Waals surface area (Å²) in [5.41, 5.74) is 7.15. The van der Waals surface area contributed by atoms with Crippen molar-refractivity contribution in [3.63, 3.8) is 0 Å². The van der Waals surface area contributed by atoms with Crippen LogP contribution in [-0.2, 0) is 9.84 Å². The molecule has 0 aliphatic carbocycles. The maximum Gasteiger partial charge on any atom is 0.161 e. The normalized spacial score (nSPS) is 25.9. The Hall–Kier alpha value is -1.27. The topological polar surface area (TPSA) is 78.6 Å². The van der Waals surface area contributed by atoms with Gasteiger partial charge in [-0.05, 0) is 30.0 Å². The smallest absolute Gasteiger partial charge is 0.161 e. The summed E-state index contributed by atoms with van der Waals surface area (Å²) in [4.78, 5) is 0. The van der Waals surface area contributed by atoms with Crippen molar-refractivity contribution >= 4 is 9.84 Å². The predicted octanol–water partition coefficient (Wildman–Crippen LogP) is 1.28. The van der Waals surface area contributed by atoms with Crippen molar-refractivity contribution in [2.45, 2.75) is 18.9 Å². The van der Waals surface area contributed by atoms with E-state index in [0.717, 1.165) is 17.7 Å². The molecule has 2 N–H and O–H groups in total. The number of hydrogen-bond donors (Lipinski definition) is 1. The van der Waals surface area contributed by atoms with Crippen molar-refractivity contribution in [3.05, 3.63) is 23.8 Å². The minimum absolute atomic E-state index is 0.00949. The maximum absolute atomic E-state index is 11.6. The van der Waals surface area contributed by atoms with E-state index >= 15 is 0 Å². The lowest BCUT2D eigenvalue weighted by Gasteiger charge is -2.19. The number of sulfone groups is 1. The molecule has 2 heterocycles. The first-order chi connectivity index (χ1) is 9.55. The van der Waals surface area contributed by atoms with Crippen molar-refractivity contribution in [1.82, 2.24) is 0 Å². The molecule has 110 valence electrons. The summed E-state index contributed by atoms with van der Waals surface area (Å²) >= 11 is 0. The molecule has 1 saturated heterocycles. The Bertz CT molecular complexity index is 599. The summed E-state index contributed by atoms with van der Waals surface area (Å²) in [5.74, 6) is 1.86. The van der Waals surface area contributed by atoms with E-state index < -0.39 is 9.84 Å². The number of rotatable bonds is 2. The second-order valence-corrected chi connectivity index (χ2v) is 7.67. The average Bonchev–Trinajstić information content (AvgIpc) is 2.65. The minimum Gasteiger partial charge on any atom is -0.490 e. The average molecular weight is 297 g/mol. The zero-order valence-corrected chi connectivity index (χ0v) is 12.1. The van der Waals surface area contributed by atoms with Gasteiger partial charge in [0.15, 0.2) is 21.3 Å². The monoisotopic (exact) mass is 297 g/mol. The number of nitrogens with two attached hydrogens (primary N) is 1. The SMILES string of the molecule is NC(c1ccc2c(c1)OCCCO2)C1CCS(=O)(=O)C1. The van der Waals surface area contributed by atoms with Crippen molar-refractivity contribution in [2.24, 2.45) is 11.7 Å². The Morgan fingerprint density at radius 1 is 1.20 bits per heavy atom. The van der Waals surface area contributed by atoms with Gasteiger partial charge < -0.3 is 15.2 Å².